The third-order valence-electron chi connectivity index (χ3n) is 4.39. The van der Waals surface area contributed by atoms with E-state index in [0.717, 1.165) is 39.6 Å². The first kappa shape index (κ1) is 16.1. The average Bonchev–Trinajstić information content (AvgIpc) is 3.26. The molecule has 0 unspecified atom stereocenters. The molecule has 0 aliphatic heterocycles. The van der Waals surface area contributed by atoms with E-state index < -0.39 is 0 Å². The minimum atomic E-state index is 0.642. The Bertz CT molecular complexity index is 1030. The first-order valence-corrected chi connectivity index (χ1v) is 8.25. The van der Waals surface area contributed by atoms with Crippen molar-refractivity contribution in [1.29, 1.82) is 0 Å². The average molecular weight is 349 g/mol. The van der Waals surface area contributed by atoms with E-state index in [-0.39, 0.29) is 0 Å². The van der Waals surface area contributed by atoms with Crippen molar-refractivity contribution in [3.05, 3.63) is 53.6 Å². The number of aromatic amines is 1. The molecule has 0 amide bonds. The molecule has 8 heteroatoms. The van der Waals surface area contributed by atoms with Gasteiger partial charge in [-0.3, -0.25) is 5.10 Å². The summed E-state index contributed by atoms with van der Waals surface area (Å²) >= 11 is 0. The van der Waals surface area contributed by atoms with Crippen LogP contribution in [0.15, 0.2) is 36.7 Å². The standard InChI is InChI=1S/C18H19N7O/c1-11-15(12(2)22-21-11)9-19-17-8-16(24-25-10-20-23-18(17)25)13-4-6-14(26-3)7-5-13/h4-8,10,19H,9H2,1-3H3,(H,21,22). The van der Waals surface area contributed by atoms with Gasteiger partial charge in [-0.05, 0) is 44.2 Å². The van der Waals surface area contributed by atoms with Crippen LogP contribution in [0.25, 0.3) is 16.9 Å². The summed E-state index contributed by atoms with van der Waals surface area (Å²) in [7, 11) is 1.65. The van der Waals surface area contributed by atoms with E-state index >= 15 is 0 Å². The summed E-state index contributed by atoms with van der Waals surface area (Å²) in [6.45, 7) is 4.64. The van der Waals surface area contributed by atoms with E-state index in [4.69, 9.17) is 4.74 Å². The number of benzene rings is 1. The maximum Gasteiger partial charge on any atom is 0.200 e. The molecular formula is C18H19N7O. The normalized spacial score (nSPS) is 11.0. The van der Waals surface area contributed by atoms with E-state index in [1.807, 2.05) is 44.2 Å². The third-order valence-corrected chi connectivity index (χ3v) is 4.39. The van der Waals surface area contributed by atoms with Crippen molar-refractivity contribution in [1.82, 2.24) is 30.0 Å². The van der Waals surface area contributed by atoms with Crippen LogP contribution in [0.2, 0.25) is 0 Å². The van der Waals surface area contributed by atoms with Crippen molar-refractivity contribution in [2.75, 3.05) is 12.4 Å². The first-order chi connectivity index (χ1) is 12.7. The summed E-state index contributed by atoms with van der Waals surface area (Å²) in [5.74, 6) is 0.809. The number of hydrogen-bond acceptors (Lipinski definition) is 6. The lowest BCUT2D eigenvalue weighted by Crippen LogP contribution is -2.05. The van der Waals surface area contributed by atoms with E-state index in [0.29, 0.717) is 12.2 Å². The van der Waals surface area contributed by atoms with Crippen molar-refractivity contribution in [3.63, 3.8) is 0 Å². The van der Waals surface area contributed by atoms with Crippen LogP contribution in [0.4, 0.5) is 5.69 Å². The number of anilines is 1. The van der Waals surface area contributed by atoms with Gasteiger partial charge in [0.25, 0.3) is 0 Å². The molecule has 4 aromatic rings. The molecule has 26 heavy (non-hydrogen) atoms. The number of nitrogens with zero attached hydrogens (tertiary/aromatic N) is 5. The van der Waals surface area contributed by atoms with E-state index in [2.05, 4.69) is 30.8 Å². The number of methoxy groups -OCH3 is 1. The molecule has 3 heterocycles. The van der Waals surface area contributed by atoms with E-state index in [9.17, 15) is 0 Å². The fourth-order valence-corrected chi connectivity index (χ4v) is 2.88. The Morgan fingerprint density at radius 2 is 2.00 bits per heavy atom. The predicted molar refractivity (Wildman–Crippen MR) is 98.2 cm³/mol. The van der Waals surface area contributed by atoms with Crippen molar-refractivity contribution in [2.45, 2.75) is 20.4 Å². The van der Waals surface area contributed by atoms with Crippen LogP contribution in [0.5, 0.6) is 5.75 Å². The van der Waals surface area contributed by atoms with Crippen molar-refractivity contribution >= 4 is 11.3 Å². The summed E-state index contributed by atoms with van der Waals surface area (Å²) in [4.78, 5) is 0. The van der Waals surface area contributed by atoms with Crippen LogP contribution in [-0.4, -0.2) is 37.1 Å². The molecule has 0 radical (unpaired) electrons. The Balaban J connectivity index is 1.70. The minimum Gasteiger partial charge on any atom is -0.497 e. The van der Waals surface area contributed by atoms with Crippen molar-refractivity contribution in [3.8, 4) is 17.0 Å². The van der Waals surface area contributed by atoms with Gasteiger partial charge in [-0.1, -0.05) is 0 Å². The molecular weight excluding hydrogens is 330 g/mol. The minimum absolute atomic E-state index is 0.642. The Morgan fingerprint density at radius 1 is 1.19 bits per heavy atom. The second-order valence-corrected chi connectivity index (χ2v) is 6.04. The molecule has 4 rings (SSSR count). The van der Waals surface area contributed by atoms with Gasteiger partial charge in [0.2, 0.25) is 5.65 Å². The predicted octanol–water partition coefficient (Wildman–Crippen LogP) is 2.75. The second kappa shape index (κ2) is 6.47. The van der Waals surface area contributed by atoms with E-state index in [1.54, 1.807) is 18.0 Å². The van der Waals surface area contributed by atoms with Gasteiger partial charge >= 0.3 is 0 Å². The SMILES string of the molecule is COc1ccc(-c2cc(NCc3c(C)n[nH]c3C)c3nncn3n2)cc1. The van der Waals surface area contributed by atoms with Gasteiger partial charge in [0, 0.05) is 23.4 Å². The monoisotopic (exact) mass is 349 g/mol. The molecule has 2 N–H and O–H groups in total. The van der Waals surface area contributed by atoms with Crippen LogP contribution >= 0.6 is 0 Å². The smallest absolute Gasteiger partial charge is 0.200 e. The second-order valence-electron chi connectivity index (χ2n) is 6.04. The van der Waals surface area contributed by atoms with Gasteiger partial charge < -0.3 is 10.1 Å². The lowest BCUT2D eigenvalue weighted by Gasteiger charge is -2.10. The molecule has 0 bridgehead atoms. The lowest BCUT2D eigenvalue weighted by atomic mass is 10.1. The molecule has 0 saturated heterocycles. The van der Waals surface area contributed by atoms with Gasteiger partial charge in [0.05, 0.1) is 24.2 Å². The molecule has 0 saturated carbocycles. The highest BCUT2D eigenvalue weighted by molar-refractivity contribution is 5.73. The molecule has 0 fully saturated rings. The van der Waals surface area contributed by atoms with Crippen LogP contribution in [0.1, 0.15) is 17.0 Å². The maximum absolute atomic E-state index is 5.22. The van der Waals surface area contributed by atoms with Crippen LogP contribution in [-0.2, 0) is 6.54 Å². The quantitative estimate of drug-likeness (QED) is 0.575. The number of aryl methyl sites for hydroxylation is 2. The fourth-order valence-electron chi connectivity index (χ4n) is 2.88. The summed E-state index contributed by atoms with van der Waals surface area (Å²) in [6.07, 6.45) is 1.60. The number of aromatic nitrogens is 6. The van der Waals surface area contributed by atoms with Gasteiger partial charge in [0.15, 0.2) is 0 Å². The zero-order valence-electron chi connectivity index (χ0n) is 14.8. The molecule has 0 aliphatic carbocycles. The van der Waals surface area contributed by atoms with E-state index in [1.165, 1.54) is 0 Å². The highest BCUT2D eigenvalue weighted by atomic mass is 16.5. The number of hydrogen-bond donors (Lipinski definition) is 2. The summed E-state index contributed by atoms with van der Waals surface area (Å²) in [5.41, 5.74) is 6.53. The summed E-state index contributed by atoms with van der Waals surface area (Å²) < 4.78 is 6.90. The number of ether oxygens (including phenoxy) is 1. The highest BCUT2D eigenvalue weighted by Crippen LogP contribution is 2.25. The molecule has 0 aliphatic rings. The van der Waals surface area contributed by atoms with Crippen LogP contribution in [0.3, 0.4) is 0 Å². The van der Waals surface area contributed by atoms with Gasteiger partial charge in [-0.15, -0.1) is 10.2 Å². The topological polar surface area (TPSA) is 93.0 Å². The molecule has 3 aromatic heterocycles. The Labute approximate surface area is 150 Å². The maximum atomic E-state index is 5.22. The van der Waals surface area contributed by atoms with Gasteiger partial charge in [-0.2, -0.15) is 14.7 Å². The Morgan fingerprint density at radius 3 is 2.69 bits per heavy atom. The lowest BCUT2D eigenvalue weighted by molar-refractivity contribution is 0.415. The molecule has 1 aromatic carbocycles. The third kappa shape index (κ3) is 2.85. The zero-order chi connectivity index (χ0) is 18.1. The number of H-pyrrole nitrogens is 1. The van der Waals surface area contributed by atoms with Crippen LogP contribution < -0.4 is 10.1 Å². The summed E-state index contributed by atoms with van der Waals surface area (Å²) in [5, 5.41) is 23.4. The fraction of sp³-hybridized carbons (Fsp3) is 0.222. The number of rotatable bonds is 5. The highest BCUT2D eigenvalue weighted by Gasteiger charge is 2.12. The Kier molecular flexibility index (Phi) is 4.00. The van der Waals surface area contributed by atoms with Gasteiger partial charge in [-0.25, -0.2) is 0 Å². The molecule has 8 nitrogen and oxygen atoms in total. The van der Waals surface area contributed by atoms with Crippen LogP contribution in [0, 0.1) is 13.8 Å². The summed E-state index contributed by atoms with van der Waals surface area (Å²) in [6, 6.07) is 9.77. The Hall–Kier alpha value is -3.42. The molecule has 0 atom stereocenters. The van der Waals surface area contributed by atoms with Gasteiger partial charge in [0.1, 0.15) is 12.1 Å². The van der Waals surface area contributed by atoms with Crippen molar-refractivity contribution < 1.29 is 4.74 Å². The molecule has 0 spiro atoms. The zero-order valence-corrected chi connectivity index (χ0v) is 14.8. The largest absolute Gasteiger partial charge is 0.497 e. The first-order valence-electron chi connectivity index (χ1n) is 8.25. The molecule has 132 valence electrons. The number of fused-ring (bicyclic) bond motifs is 1. The number of nitrogens with one attached hydrogen (secondary N) is 2. The van der Waals surface area contributed by atoms with Crippen molar-refractivity contribution in [2.24, 2.45) is 0 Å².